The predicted molar refractivity (Wildman–Crippen MR) is 68.9 cm³/mol. The van der Waals surface area contributed by atoms with Gasteiger partial charge in [0, 0.05) is 27.7 Å². The number of carbonyl (C=O) groups excluding carboxylic acids is 4. The second-order valence-corrected chi connectivity index (χ2v) is 4.18. The number of rotatable bonds is 7. The minimum absolute atomic E-state index is 0.466. The molecule has 22 heavy (non-hydrogen) atoms. The van der Waals surface area contributed by atoms with Crippen molar-refractivity contribution in [3.05, 3.63) is 0 Å². The Kier molecular flexibility index (Phi) is 8.22. The zero-order valence-corrected chi connectivity index (χ0v) is 12.7. The standard InChI is InChI=1S/C13H17NO8/c1-7(15)19-6-12(21-9(3)17)13(22-10(4)18)11(5-14)20-8(2)16/h11-13H,6H2,1-4H3/t11-,12+,13-/m0/s1. The van der Waals surface area contributed by atoms with E-state index in [1.165, 1.54) is 0 Å². The van der Waals surface area contributed by atoms with Crippen LogP contribution in [0.5, 0.6) is 0 Å². The summed E-state index contributed by atoms with van der Waals surface area (Å²) in [4.78, 5) is 44.2. The van der Waals surface area contributed by atoms with E-state index in [0.29, 0.717) is 0 Å². The van der Waals surface area contributed by atoms with Crippen molar-refractivity contribution in [1.82, 2.24) is 0 Å². The van der Waals surface area contributed by atoms with Crippen LogP contribution in [-0.2, 0) is 38.1 Å². The first kappa shape index (κ1) is 19.4. The van der Waals surface area contributed by atoms with Gasteiger partial charge in [-0.1, -0.05) is 0 Å². The molecule has 9 heteroatoms. The first-order valence-electron chi connectivity index (χ1n) is 6.22. The van der Waals surface area contributed by atoms with E-state index < -0.39 is 48.8 Å². The van der Waals surface area contributed by atoms with Gasteiger partial charge in [0.15, 0.2) is 12.2 Å². The van der Waals surface area contributed by atoms with Crippen molar-refractivity contribution < 1.29 is 38.1 Å². The molecule has 0 aliphatic heterocycles. The van der Waals surface area contributed by atoms with Crippen molar-refractivity contribution in [2.45, 2.75) is 46.0 Å². The molecule has 0 heterocycles. The Morgan fingerprint density at radius 1 is 0.864 bits per heavy atom. The molecule has 0 aliphatic carbocycles. The summed E-state index contributed by atoms with van der Waals surface area (Å²) in [7, 11) is 0. The van der Waals surface area contributed by atoms with Crippen LogP contribution in [0.3, 0.4) is 0 Å². The van der Waals surface area contributed by atoms with E-state index in [0.717, 1.165) is 27.7 Å². The number of hydrogen-bond donors (Lipinski definition) is 0. The average molecular weight is 315 g/mol. The van der Waals surface area contributed by atoms with Crippen LogP contribution in [0.25, 0.3) is 0 Å². The highest BCUT2D eigenvalue weighted by atomic mass is 16.6. The molecule has 0 spiro atoms. The Morgan fingerprint density at radius 3 is 1.73 bits per heavy atom. The maximum absolute atomic E-state index is 11.2. The van der Waals surface area contributed by atoms with Crippen molar-refractivity contribution in [2.75, 3.05) is 6.61 Å². The molecule has 0 aromatic rings. The van der Waals surface area contributed by atoms with Crippen LogP contribution in [0, 0.1) is 11.3 Å². The van der Waals surface area contributed by atoms with E-state index in [9.17, 15) is 19.2 Å². The number of ether oxygens (including phenoxy) is 4. The van der Waals surface area contributed by atoms with E-state index in [2.05, 4.69) is 0 Å². The molecule has 3 atom stereocenters. The predicted octanol–water partition coefficient (Wildman–Crippen LogP) is -0.132. The molecule has 0 saturated carbocycles. The van der Waals surface area contributed by atoms with E-state index >= 15 is 0 Å². The second kappa shape index (κ2) is 9.33. The fourth-order valence-corrected chi connectivity index (χ4v) is 1.48. The zero-order valence-electron chi connectivity index (χ0n) is 12.7. The molecule has 9 nitrogen and oxygen atoms in total. The Bertz CT molecular complexity index is 481. The lowest BCUT2D eigenvalue weighted by Crippen LogP contribution is -2.46. The minimum atomic E-state index is -1.53. The summed E-state index contributed by atoms with van der Waals surface area (Å²) in [5.41, 5.74) is 0. The van der Waals surface area contributed by atoms with Gasteiger partial charge in [-0.25, -0.2) is 0 Å². The highest BCUT2D eigenvalue weighted by molar-refractivity contribution is 5.69. The summed E-state index contributed by atoms with van der Waals surface area (Å²) in [6, 6.07) is 1.63. The smallest absolute Gasteiger partial charge is 0.304 e. The third kappa shape index (κ3) is 7.84. The number of nitrogens with zero attached hydrogens (tertiary/aromatic N) is 1. The molecule has 122 valence electrons. The maximum Gasteiger partial charge on any atom is 0.304 e. The van der Waals surface area contributed by atoms with Gasteiger partial charge < -0.3 is 18.9 Å². The fourth-order valence-electron chi connectivity index (χ4n) is 1.48. The van der Waals surface area contributed by atoms with Crippen molar-refractivity contribution in [3.63, 3.8) is 0 Å². The van der Waals surface area contributed by atoms with Gasteiger partial charge in [0.05, 0.1) is 0 Å². The number of esters is 4. The largest absolute Gasteiger partial charge is 0.462 e. The third-order valence-electron chi connectivity index (χ3n) is 2.16. The molecule has 0 rings (SSSR count). The Hall–Kier alpha value is -2.63. The van der Waals surface area contributed by atoms with Crippen LogP contribution >= 0.6 is 0 Å². The van der Waals surface area contributed by atoms with Gasteiger partial charge in [-0.3, -0.25) is 19.2 Å². The topological polar surface area (TPSA) is 129 Å². The zero-order chi connectivity index (χ0) is 17.3. The SMILES string of the molecule is CC(=O)OC[C@@H](OC(C)=O)[C@@H](OC(C)=O)[C@H](C#N)OC(C)=O. The van der Waals surface area contributed by atoms with Crippen molar-refractivity contribution in [3.8, 4) is 6.07 Å². The molecule has 0 amide bonds. The average Bonchev–Trinajstić information content (AvgIpc) is 2.37. The van der Waals surface area contributed by atoms with Crippen molar-refractivity contribution in [2.24, 2.45) is 0 Å². The summed E-state index contributed by atoms with van der Waals surface area (Å²) in [6.07, 6.45) is -4.26. The van der Waals surface area contributed by atoms with Gasteiger partial charge in [-0.15, -0.1) is 0 Å². The van der Waals surface area contributed by atoms with Gasteiger partial charge in [-0.05, 0) is 0 Å². The summed E-state index contributed by atoms with van der Waals surface area (Å²) in [5, 5.41) is 9.05. The molecular formula is C13H17NO8. The second-order valence-electron chi connectivity index (χ2n) is 4.18. The van der Waals surface area contributed by atoms with Crippen LogP contribution < -0.4 is 0 Å². The molecule has 0 radical (unpaired) electrons. The van der Waals surface area contributed by atoms with E-state index in [1.807, 2.05) is 0 Å². The highest BCUT2D eigenvalue weighted by Crippen LogP contribution is 2.14. The van der Waals surface area contributed by atoms with Crippen LogP contribution in [0.15, 0.2) is 0 Å². The summed E-state index contributed by atoms with van der Waals surface area (Å²) in [5.74, 6) is -3.01. The number of nitriles is 1. The van der Waals surface area contributed by atoms with Crippen LogP contribution in [-0.4, -0.2) is 48.8 Å². The van der Waals surface area contributed by atoms with Crippen LogP contribution in [0.2, 0.25) is 0 Å². The molecular weight excluding hydrogens is 298 g/mol. The molecule has 0 fully saturated rings. The number of carbonyl (C=O) groups is 4. The number of hydrogen-bond acceptors (Lipinski definition) is 9. The Morgan fingerprint density at radius 2 is 1.36 bits per heavy atom. The Labute approximate surface area is 127 Å². The third-order valence-corrected chi connectivity index (χ3v) is 2.16. The normalized spacial score (nSPS) is 13.8. The van der Waals surface area contributed by atoms with Crippen LogP contribution in [0.4, 0.5) is 0 Å². The van der Waals surface area contributed by atoms with E-state index in [4.69, 9.17) is 24.2 Å². The molecule has 0 aromatic heterocycles. The van der Waals surface area contributed by atoms with Gasteiger partial charge in [-0.2, -0.15) is 5.26 Å². The first-order valence-corrected chi connectivity index (χ1v) is 6.22. The van der Waals surface area contributed by atoms with E-state index in [1.54, 1.807) is 6.07 Å². The maximum atomic E-state index is 11.2. The highest BCUT2D eigenvalue weighted by Gasteiger charge is 2.38. The van der Waals surface area contributed by atoms with Gasteiger partial charge in [0.2, 0.25) is 6.10 Å². The quantitative estimate of drug-likeness (QED) is 0.465. The monoisotopic (exact) mass is 315 g/mol. The molecule has 0 bridgehead atoms. The van der Waals surface area contributed by atoms with Gasteiger partial charge in [0.1, 0.15) is 12.7 Å². The molecule has 0 N–H and O–H groups in total. The lowest BCUT2D eigenvalue weighted by atomic mass is 10.1. The van der Waals surface area contributed by atoms with Crippen LogP contribution in [0.1, 0.15) is 27.7 Å². The minimum Gasteiger partial charge on any atom is -0.462 e. The lowest BCUT2D eigenvalue weighted by Gasteiger charge is -2.28. The van der Waals surface area contributed by atoms with Crippen molar-refractivity contribution >= 4 is 23.9 Å². The summed E-state index contributed by atoms with van der Waals surface area (Å²) >= 11 is 0. The molecule has 0 unspecified atom stereocenters. The first-order chi connectivity index (χ1) is 10.2. The summed E-state index contributed by atoms with van der Waals surface area (Å²) in [6.45, 7) is 3.86. The van der Waals surface area contributed by atoms with Gasteiger partial charge >= 0.3 is 23.9 Å². The van der Waals surface area contributed by atoms with Gasteiger partial charge in [0.25, 0.3) is 0 Å². The summed E-state index contributed by atoms with van der Waals surface area (Å²) < 4.78 is 19.2. The lowest BCUT2D eigenvalue weighted by molar-refractivity contribution is -0.184. The molecule has 0 aromatic carbocycles. The van der Waals surface area contributed by atoms with E-state index in [-0.39, 0.29) is 0 Å². The molecule has 0 saturated heterocycles. The van der Waals surface area contributed by atoms with Crippen molar-refractivity contribution in [1.29, 1.82) is 5.26 Å². The fraction of sp³-hybridized carbons (Fsp3) is 0.615. The Balaban J connectivity index is 5.36. The molecule has 0 aliphatic rings.